The number of nitrogens with zero attached hydrogens (tertiary/aromatic N) is 5. The zero-order valence-corrected chi connectivity index (χ0v) is 29.2. The maximum Gasteiger partial charge on any atom is 0.375 e. The molecule has 0 radical (unpaired) electrons. The first-order valence-electron chi connectivity index (χ1n) is 17.2. The Labute approximate surface area is 290 Å². The number of benzene rings is 4. The third kappa shape index (κ3) is 4.68. The molecule has 1 N–H and O–H groups in total. The van der Waals surface area contributed by atoms with Crippen LogP contribution in [0.1, 0.15) is 52.7 Å². The van der Waals surface area contributed by atoms with Gasteiger partial charge in [0.2, 0.25) is 5.65 Å². The number of pyridine rings is 2. The summed E-state index contributed by atoms with van der Waals surface area (Å²) < 4.78 is 13.4. The average Bonchev–Trinajstić information content (AvgIpc) is 3.74. The van der Waals surface area contributed by atoms with Crippen LogP contribution in [0.5, 0.6) is 11.5 Å². The molecular formula is C43H39N6O+. The number of nitrogens with one attached hydrogen (secondary N) is 1. The van der Waals surface area contributed by atoms with E-state index >= 15 is 0 Å². The van der Waals surface area contributed by atoms with Crippen molar-refractivity contribution in [3.63, 3.8) is 0 Å². The molecule has 50 heavy (non-hydrogen) atoms. The molecule has 0 amide bonds. The zero-order chi connectivity index (χ0) is 34.4. The van der Waals surface area contributed by atoms with Gasteiger partial charge in [-0.25, -0.2) is 15.0 Å². The van der Waals surface area contributed by atoms with Crippen LogP contribution in [0, 0.1) is 0 Å². The molecule has 5 heterocycles. The predicted molar refractivity (Wildman–Crippen MR) is 202 cm³/mol. The first-order valence-corrected chi connectivity index (χ1v) is 17.2. The molecule has 246 valence electrons. The Morgan fingerprint density at radius 1 is 0.640 bits per heavy atom. The molecular weight excluding hydrogens is 617 g/mol. The molecule has 9 rings (SSSR count). The zero-order valence-electron chi connectivity index (χ0n) is 29.2. The number of hydrogen-bond acceptors (Lipinski definition) is 3. The van der Waals surface area contributed by atoms with Crippen molar-refractivity contribution >= 4 is 49.8 Å². The largest absolute Gasteiger partial charge is 0.457 e. The van der Waals surface area contributed by atoms with Gasteiger partial charge in [-0.2, -0.15) is 8.97 Å². The van der Waals surface area contributed by atoms with E-state index in [0.29, 0.717) is 0 Å². The molecule has 0 fully saturated rings. The Kier molecular flexibility index (Phi) is 6.49. The third-order valence-electron chi connectivity index (χ3n) is 9.77. The van der Waals surface area contributed by atoms with E-state index in [0.717, 1.165) is 67.4 Å². The Morgan fingerprint density at radius 2 is 1.38 bits per heavy atom. The number of aromatic amines is 1. The van der Waals surface area contributed by atoms with Gasteiger partial charge in [-0.05, 0) is 82.6 Å². The summed E-state index contributed by atoms with van der Waals surface area (Å²) in [4.78, 5) is 13.2. The Morgan fingerprint density at radius 3 is 2.16 bits per heavy atom. The Bertz CT molecular complexity index is 2750. The normalized spacial score (nSPS) is 12.6. The highest BCUT2D eigenvalue weighted by molar-refractivity contribution is 6.09. The molecule has 7 nitrogen and oxygen atoms in total. The van der Waals surface area contributed by atoms with E-state index in [1.54, 1.807) is 0 Å². The minimum absolute atomic E-state index is 0.0353. The quantitative estimate of drug-likeness (QED) is 0.192. The summed E-state index contributed by atoms with van der Waals surface area (Å²) >= 11 is 0. The molecule has 0 spiro atoms. The fourth-order valence-corrected chi connectivity index (χ4v) is 7.31. The van der Waals surface area contributed by atoms with Gasteiger partial charge >= 0.3 is 5.78 Å². The smallest absolute Gasteiger partial charge is 0.375 e. The number of ether oxygens (including phenoxy) is 1. The van der Waals surface area contributed by atoms with Gasteiger partial charge < -0.3 is 4.74 Å². The van der Waals surface area contributed by atoms with Crippen LogP contribution < -0.4 is 9.30 Å². The van der Waals surface area contributed by atoms with Gasteiger partial charge in [-0.1, -0.05) is 77.9 Å². The molecule has 0 aliphatic carbocycles. The molecule has 0 aliphatic heterocycles. The lowest BCUT2D eigenvalue weighted by Crippen LogP contribution is -2.35. The highest BCUT2D eigenvalue weighted by atomic mass is 16.5. The van der Waals surface area contributed by atoms with E-state index in [4.69, 9.17) is 14.7 Å². The van der Waals surface area contributed by atoms with Crippen molar-refractivity contribution in [2.45, 2.75) is 52.4 Å². The molecule has 0 bridgehead atoms. The van der Waals surface area contributed by atoms with Crippen LogP contribution in [0.15, 0.2) is 122 Å². The van der Waals surface area contributed by atoms with E-state index in [9.17, 15) is 0 Å². The summed E-state index contributed by atoms with van der Waals surface area (Å²) in [6.45, 7) is 13.7. The maximum absolute atomic E-state index is 6.68. The minimum atomic E-state index is -0.0894. The molecule has 9 aromatic rings. The summed E-state index contributed by atoms with van der Waals surface area (Å²) in [5.41, 5.74) is 9.76. The summed E-state index contributed by atoms with van der Waals surface area (Å²) in [6.07, 6.45) is 3.68. The number of fused-ring (bicyclic) bond motifs is 8. The van der Waals surface area contributed by atoms with Crippen molar-refractivity contribution in [2.24, 2.45) is 0 Å². The monoisotopic (exact) mass is 655 g/mol. The van der Waals surface area contributed by atoms with Crippen molar-refractivity contribution in [1.29, 1.82) is 0 Å². The van der Waals surface area contributed by atoms with Crippen LogP contribution >= 0.6 is 0 Å². The van der Waals surface area contributed by atoms with E-state index in [-0.39, 0.29) is 10.8 Å². The molecule has 0 atom stereocenters. The van der Waals surface area contributed by atoms with Gasteiger partial charge in [0.05, 0.1) is 11.0 Å². The summed E-state index contributed by atoms with van der Waals surface area (Å²) in [5.74, 6) is 3.31. The standard InChI is InChI=1S/C43H38N6O/c1-42(2,3)27-16-20-35(32(24-27)43(4,5)6)48-36-21-18-29(26-38(36)49-40-33(46-41(48)49)13-11-23-45-40)50-28-17-19-31-30-12-7-8-14-34(30)47(37(31)25-28)39-15-9-10-22-44-39/h7-26H,1-6H3/p+1. The number of rotatable bonds is 4. The maximum atomic E-state index is 6.68. The summed E-state index contributed by atoms with van der Waals surface area (Å²) in [6, 6.07) is 38.1. The van der Waals surface area contributed by atoms with Crippen molar-refractivity contribution in [2.75, 3.05) is 0 Å². The van der Waals surface area contributed by atoms with Crippen LogP contribution in [0.3, 0.4) is 0 Å². The lowest BCUT2D eigenvalue weighted by atomic mass is 9.80. The van der Waals surface area contributed by atoms with Crippen LogP contribution in [0.4, 0.5) is 0 Å². The van der Waals surface area contributed by atoms with Crippen molar-refractivity contribution in [1.82, 2.24) is 23.9 Å². The van der Waals surface area contributed by atoms with Crippen LogP contribution in [-0.4, -0.2) is 23.9 Å². The Balaban J connectivity index is 1.23. The lowest BCUT2D eigenvalue weighted by molar-refractivity contribution is -0.541. The second-order valence-corrected chi connectivity index (χ2v) is 15.2. The number of H-pyrrole nitrogens is 1. The van der Waals surface area contributed by atoms with Gasteiger partial charge in [0, 0.05) is 35.3 Å². The molecule has 5 aromatic heterocycles. The average molecular weight is 656 g/mol. The third-order valence-corrected chi connectivity index (χ3v) is 9.77. The van der Waals surface area contributed by atoms with E-state index in [2.05, 4.69) is 145 Å². The van der Waals surface area contributed by atoms with Crippen LogP contribution in [0.2, 0.25) is 0 Å². The molecule has 0 saturated carbocycles. The molecule has 0 unspecified atom stereocenters. The number of para-hydroxylation sites is 1. The number of aromatic nitrogens is 6. The molecule has 0 saturated heterocycles. The first kappa shape index (κ1) is 30.1. The summed E-state index contributed by atoms with van der Waals surface area (Å²) in [5, 5.41) is 2.33. The number of imidazole rings is 2. The van der Waals surface area contributed by atoms with Gasteiger partial charge in [0.1, 0.15) is 28.5 Å². The highest BCUT2D eigenvalue weighted by Gasteiger charge is 2.30. The second-order valence-electron chi connectivity index (χ2n) is 15.2. The van der Waals surface area contributed by atoms with Gasteiger partial charge in [0.25, 0.3) is 0 Å². The van der Waals surface area contributed by atoms with Crippen LogP contribution in [0.25, 0.3) is 61.3 Å². The van der Waals surface area contributed by atoms with Gasteiger partial charge in [0.15, 0.2) is 11.0 Å². The van der Waals surface area contributed by atoms with Gasteiger partial charge in [-0.15, -0.1) is 0 Å². The van der Waals surface area contributed by atoms with Crippen molar-refractivity contribution in [3.8, 4) is 23.0 Å². The SMILES string of the molecule is CC(C)(C)c1ccc(-[n+]2c3ccc(Oc4ccc5c6ccccc6n(-c6ccccn6)c5c4)cc3n3c4ncccc4[nH]c32)c(C(C)(C)C)c1. The fourth-order valence-electron chi connectivity index (χ4n) is 7.31. The summed E-state index contributed by atoms with van der Waals surface area (Å²) in [7, 11) is 0. The Hall–Kier alpha value is -5.95. The van der Waals surface area contributed by atoms with Crippen molar-refractivity contribution < 1.29 is 9.30 Å². The molecule has 0 aliphatic rings. The molecule has 7 heteroatoms. The number of hydrogen-bond donors (Lipinski definition) is 1. The second kappa shape index (κ2) is 10.8. The van der Waals surface area contributed by atoms with Crippen LogP contribution in [-0.2, 0) is 10.8 Å². The van der Waals surface area contributed by atoms with Gasteiger partial charge in [-0.3, -0.25) is 4.57 Å². The molecule has 4 aromatic carbocycles. The van der Waals surface area contributed by atoms with E-state index in [1.165, 1.54) is 16.5 Å². The topological polar surface area (TPSA) is 64.0 Å². The van der Waals surface area contributed by atoms with Crippen molar-refractivity contribution in [3.05, 3.63) is 133 Å². The first-order chi connectivity index (χ1) is 24.1. The minimum Gasteiger partial charge on any atom is -0.457 e. The fraction of sp³-hybridized carbons (Fsp3) is 0.186. The van der Waals surface area contributed by atoms with E-state index in [1.807, 2.05) is 36.7 Å². The van der Waals surface area contributed by atoms with E-state index < -0.39 is 0 Å². The lowest BCUT2D eigenvalue weighted by Gasteiger charge is -2.26. The highest BCUT2D eigenvalue weighted by Crippen LogP contribution is 2.37. The predicted octanol–water partition coefficient (Wildman–Crippen LogP) is 10.1.